The van der Waals surface area contributed by atoms with E-state index in [4.69, 9.17) is 0 Å². The van der Waals surface area contributed by atoms with Gasteiger partial charge >= 0.3 is 5.97 Å². The molecule has 5 heteroatoms. The minimum absolute atomic E-state index is 0.147. The van der Waals surface area contributed by atoms with Gasteiger partial charge in [-0.05, 0) is 24.1 Å². The van der Waals surface area contributed by atoms with E-state index >= 15 is 0 Å². The number of benzene rings is 1. The molecule has 1 aromatic carbocycles. The Morgan fingerprint density at radius 1 is 1.62 bits per heavy atom. The molecule has 1 aromatic rings. The highest BCUT2D eigenvalue weighted by Crippen LogP contribution is 2.16. The predicted molar refractivity (Wildman–Crippen MR) is 60.2 cm³/mol. The fraction of sp³-hybridized carbons (Fsp3) is 0.273. The summed E-state index contributed by atoms with van der Waals surface area (Å²) >= 11 is 3.12. The van der Waals surface area contributed by atoms with Crippen molar-refractivity contribution in [3.05, 3.63) is 35.1 Å². The van der Waals surface area contributed by atoms with E-state index in [1.807, 2.05) is 0 Å². The first-order chi connectivity index (χ1) is 7.58. The van der Waals surface area contributed by atoms with Gasteiger partial charge in [0.1, 0.15) is 12.1 Å². The van der Waals surface area contributed by atoms with Crippen molar-refractivity contribution in [3.8, 4) is 0 Å². The largest absolute Gasteiger partial charge is 0.465 e. The Morgan fingerprint density at radius 3 is 2.88 bits per heavy atom. The van der Waals surface area contributed by atoms with E-state index in [0.29, 0.717) is 18.3 Å². The molecule has 0 radical (unpaired) electrons. The van der Waals surface area contributed by atoms with Crippen molar-refractivity contribution in [3.63, 3.8) is 0 Å². The smallest absolute Gasteiger partial charge is 0.338 e. The lowest BCUT2D eigenvalue weighted by Gasteiger charge is -2.08. The maximum atomic E-state index is 13.0. The summed E-state index contributed by atoms with van der Waals surface area (Å²) in [6.07, 6.45) is 1.03. The molecule has 0 N–H and O–H groups in total. The number of hydrogen-bond donors (Lipinski definition) is 0. The Bertz CT molecular complexity index is 406. The van der Waals surface area contributed by atoms with Crippen molar-refractivity contribution in [2.75, 3.05) is 7.11 Å². The first-order valence-corrected chi connectivity index (χ1v) is 5.46. The minimum Gasteiger partial charge on any atom is -0.465 e. The molecule has 0 amide bonds. The molecule has 0 aliphatic heterocycles. The van der Waals surface area contributed by atoms with Crippen molar-refractivity contribution in [1.82, 2.24) is 0 Å². The fourth-order valence-electron chi connectivity index (χ4n) is 1.28. The van der Waals surface area contributed by atoms with Gasteiger partial charge in [-0.15, -0.1) is 0 Å². The maximum Gasteiger partial charge on any atom is 0.338 e. The van der Waals surface area contributed by atoms with Crippen LogP contribution in [0.25, 0.3) is 0 Å². The summed E-state index contributed by atoms with van der Waals surface area (Å²) < 4.78 is 17.5. The van der Waals surface area contributed by atoms with Crippen LogP contribution in [0.3, 0.4) is 0 Å². The lowest BCUT2D eigenvalue weighted by Crippen LogP contribution is -2.11. The van der Waals surface area contributed by atoms with E-state index in [9.17, 15) is 14.0 Å². The molecule has 0 aliphatic carbocycles. The minimum atomic E-state index is -0.611. The third kappa shape index (κ3) is 3.13. The Kier molecular flexibility index (Phi) is 4.61. The van der Waals surface area contributed by atoms with Crippen molar-refractivity contribution >= 4 is 28.2 Å². The number of methoxy groups -OCH3 is 1. The van der Waals surface area contributed by atoms with Crippen LogP contribution in [-0.2, 0) is 16.0 Å². The van der Waals surface area contributed by atoms with E-state index in [1.54, 1.807) is 0 Å². The number of ether oxygens (including phenoxy) is 1. The van der Waals surface area contributed by atoms with Gasteiger partial charge in [0.15, 0.2) is 0 Å². The molecule has 0 aliphatic rings. The number of esters is 1. The second-order valence-electron chi connectivity index (χ2n) is 3.15. The van der Waals surface area contributed by atoms with E-state index < -0.39 is 16.6 Å². The van der Waals surface area contributed by atoms with Gasteiger partial charge in [0.25, 0.3) is 0 Å². The molecule has 1 atom stereocenters. The number of aldehydes is 1. The number of hydrogen-bond acceptors (Lipinski definition) is 3. The maximum absolute atomic E-state index is 13.0. The van der Waals surface area contributed by atoms with Gasteiger partial charge in [-0.1, -0.05) is 22.0 Å². The molecule has 16 heavy (non-hydrogen) atoms. The summed E-state index contributed by atoms with van der Waals surface area (Å²) in [5.41, 5.74) is 0.719. The zero-order valence-corrected chi connectivity index (χ0v) is 10.2. The molecule has 1 rings (SSSR count). The van der Waals surface area contributed by atoms with E-state index in [-0.39, 0.29) is 5.56 Å². The van der Waals surface area contributed by atoms with Crippen LogP contribution in [0, 0.1) is 5.82 Å². The summed E-state index contributed by atoms with van der Waals surface area (Å²) in [6.45, 7) is 0. The summed E-state index contributed by atoms with van der Waals surface area (Å²) in [7, 11) is 1.22. The monoisotopic (exact) mass is 288 g/mol. The molecule has 0 aromatic heterocycles. The van der Waals surface area contributed by atoms with E-state index in [1.165, 1.54) is 19.2 Å². The van der Waals surface area contributed by atoms with Gasteiger partial charge in [0, 0.05) is 0 Å². The zero-order chi connectivity index (χ0) is 12.1. The Hall–Kier alpha value is -1.23. The molecule has 1 unspecified atom stereocenters. The van der Waals surface area contributed by atoms with Crippen LogP contribution in [0.5, 0.6) is 0 Å². The van der Waals surface area contributed by atoms with Gasteiger partial charge in [0.2, 0.25) is 0 Å². The van der Waals surface area contributed by atoms with E-state index in [0.717, 1.165) is 6.07 Å². The predicted octanol–water partition coefficient (Wildman–Crippen LogP) is 2.12. The van der Waals surface area contributed by atoms with Crippen molar-refractivity contribution in [2.24, 2.45) is 0 Å². The molecule has 86 valence electrons. The van der Waals surface area contributed by atoms with Crippen LogP contribution in [0.1, 0.15) is 15.9 Å². The SMILES string of the molecule is COC(=O)c1cc(F)ccc1CC(Br)C=O. The average Bonchev–Trinajstić information content (AvgIpc) is 2.30. The number of alkyl halides is 1. The number of halogens is 2. The van der Waals surface area contributed by atoms with Crippen molar-refractivity contribution < 1.29 is 18.7 Å². The van der Waals surface area contributed by atoms with Crippen LogP contribution in [0.2, 0.25) is 0 Å². The lowest BCUT2D eigenvalue weighted by molar-refractivity contribution is -0.107. The van der Waals surface area contributed by atoms with Crippen LogP contribution >= 0.6 is 15.9 Å². The van der Waals surface area contributed by atoms with Gasteiger partial charge in [-0.25, -0.2) is 9.18 Å². The van der Waals surface area contributed by atoms with Crippen molar-refractivity contribution in [2.45, 2.75) is 11.2 Å². The molecule has 0 saturated carbocycles. The zero-order valence-electron chi connectivity index (χ0n) is 8.57. The van der Waals surface area contributed by atoms with Crippen molar-refractivity contribution in [1.29, 1.82) is 0 Å². The highest BCUT2D eigenvalue weighted by molar-refractivity contribution is 9.09. The number of carbonyl (C=O) groups excluding carboxylic acids is 2. The second-order valence-corrected chi connectivity index (χ2v) is 4.33. The van der Waals surface area contributed by atoms with Crippen LogP contribution in [0.4, 0.5) is 4.39 Å². The topological polar surface area (TPSA) is 43.4 Å². The third-order valence-corrected chi connectivity index (χ3v) is 2.58. The van der Waals surface area contributed by atoms with E-state index in [2.05, 4.69) is 20.7 Å². The third-order valence-electron chi connectivity index (χ3n) is 2.04. The normalized spacial score (nSPS) is 11.9. The summed E-state index contributed by atoms with van der Waals surface area (Å²) in [6, 6.07) is 3.82. The first-order valence-electron chi connectivity index (χ1n) is 4.54. The Labute approximate surface area is 101 Å². The average molecular weight is 289 g/mol. The first kappa shape index (κ1) is 12.8. The lowest BCUT2D eigenvalue weighted by atomic mass is 10.0. The molecule has 0 saturated heterocycles. The van der Waals surface area contributed by atoms with Gasteiger partial charge in [-0.3, -0.25) is 0 Å². The number of carbonyl (C=O) groups is 2. The molecular formula is C11H10BrFO3. The molecular weight excluding hydrogens is 279 g/mol. The van der Waals surface area contributed by atoms with Crippen LogP contribution in [0.15, 0.2) is 18.2 Å². The van der Waals surface area contributed by atoms with Gasteiger partial charge in [0.05, 0.1) is 17.5 Å². The Morgan fingerprint density at radius 2 is 2.31 bits per heavy atom. The molecule has 3 nitrogen and oxygen atoms in total. The molecule has 0 bridgehead atoms. The Balaban J connectivity index is 3.07. The van der Waals surface area contributed by atoms with Gasteiger partial charge in [-0.2, -0.15) is 0 Å². The van der Waals surface area contributed by atoms with Crippen LogP contribution in [-0.4, -0.2) is 24.2 Å². The fourth-order valence-corrected chi connectivity index (χ4v) is 1.63. The molecule has 0 spiro atoms. The summed E-state index contributed by atoms with van der Waals surface area (Å²) in [5.74, 6) is -1.12. The standard InChI is InChI=1S/C11H10BrFO3/c1-16-11(15)10-5-9(13)3-2-7(10)4-8(12)6-14/h2-3,5-6,8H,4H2,1H3. The van der Waals surface area contributed by atoms with Gasteiger partial charge < -0.3 is 9.53 Å². The molecule has 0 fully saturated rings. The summed E-state index contributed by atoms with van der Waals surface area (Å²) in [4.78, 5) is 21.5. The number of rotatable bonds is 4. The second kappa shape index (κ2) is 5.75. The molecule has 0 heterocycles. The summed E-state index contributed by atoms with van der Waals surface area (Å²) in [5, 5.41) is 0. The quantitative estimate of drug-likeness (QED) is 0.484. The highest BCUT2D eigenvalue weighted by atomic mass is 79.9. The van der Waals surface area contributed by atoms with Crippen LogP contribution < -0.4 is 0 Å². The highest BCUT2D eigenvalue weighted by Gasteiger charge is 2.15.